The minimum atomic E-state index is -1.12. The molecule has 1 aliphatic rings. The molecule has 17 heavy (non-hydrogen) atoms. The molecule has 1 aromatic carbocycles. The van der Waals surface area contributed by atoms with E-state index in [1.54, 1.807) is 30.3 Å². The number of alkyl halides is 1. The zero-order valence-electron chi connectivity index (χ0n) is 9.04. The fourth-order valence-electron chi connectivity index (χ4n) is 1.71. The number of rotatable bonds is 2. The monoisotopic (exact) mass is 234 g/mol. The zero-order chi connectivity index (χ0) is 12.3. The molecule has 0 N–H and O–H groups in total. The summed E-state index contributed by atoms with van der Waals surface area (Å²) in [5.41, 5.74) is 0.381. The topological polar surface area (TPSA) is 53.3 Å². The molecule has 1 aromatic rings. The standard InChI is InChI=1S/C12H11FN2O2/c13-10-6-11(7-14)15(8-10)17-12(16)9-4-2-1-3-5-9/h1-5,10-11H,6,8H2/t10-,11-/m0/s1. The number of hydroxylamine groups is 2. The van der Waals surface area contributed by atoms with Crippen molar-refractivity contribution in [3.05, 3.63) is 35.9 Å². The van der Waals surface area contributed by atoms with E-state index in [1.165, 1.54) is 0 Å². The summed E-state index contributed by atoms with van der Waals surface area (Å²) in [6, 6.07) is 9.62. The van der Waals surface area contributed by atoms with Gasteiger partial charge >= 0.3 is 5.97 Å². The molecule has 5 heteroatoms. The first-order chi connectivity index (χ1) is 8.20. The SMILES string of the molecule is N#C[C@@H]1C[C@H](F)CN1OC(=O)c1ccccc1. The van der Waals surface area contributed by atoms with Gasteiger partial charge in [-0.25, -0.2) is 9.18 Å². The van der Waals surface area contributed by atoms with Crippen LogP contribution in [0.4, 0.5) is 4.39 Å². The first kappa shape index (κ1) is 11.6. The van der Waals surface area contributed by atoms with Crippen molar-refractivity contribution in [1.82, 2.24) is 5.06 Å². The van der Waals surface area contributed by atoms with Gasteiger partial charge in [-0.1, -0.05) is 18.2 Å². The molecule has 1 fully saturated rings. The molecule has 0 bridgehead atoms. The predicted octanol–water partition coefficient (Wildman–Crippen LogP) is 1.69. The van der Waals surface area contributed by atoms with E-state index in [2.05, 4.69) is 0 Å². The van der Waals surface area contributed by atoms with Crippen LogP contribution in [-0.4, -0.2) is 29.8 Å². The van der Waals surface area contributed by atoms with Crippen molar-refractivity contribution in [2.24, 2.45) is 0 Å². The van der Waals surface area contributed by atoms with E-state index in [1.807, 2.05) is 6.07 Å². The van der Waals surface area contributed by atoms with Crippen molar-refractivity contribution in [3.8, 4) is 6.07 Å². The third-order valence-corrected chi connectivity index (χ3v) is 2.56. The lowest BCUT2D eigenvalue weighted by Gasteiger charge is -2.17. The van der Waals surface area contributed by atoms with Gasteiger partial charge in [-0.15, -0.1) is 5.06 Å². The highest BCUT2D eigenvalue weighted by atomic mass is 19.1. The second-order valence-corrected chi connectivity index (χ2v) is 3.82. The summed E-state index contributed by atoms with van der Waals surface area (Å²) in [4.78, 5) is 16.7. The number of carbonyl (C=O) groups excluding carboxylic acids is 1. The molecule has 0 amide bonds. The van der Waals surface area contributed by atoms with Crippen LogP contribution in [0.15, 0.2) is 30.3 Å². The predicted molar refractivity (Wildman–Crippen MR) is 57.5 cm³/mol. The highest BCUT2D eigenvalue weighted by Crippen LogP contribution is 2.20. The van der Waals surface area contributed by atoms with Gasteiger partial charge in [0.15, 0.2) is 0 Å². The maximum Gasteiger partial charge on any atom is 0.357 e. The van der Waals surface area contributed by atoms with Gasteiger partial charge in [-0.05, 0) is 12.1 Å². The third-order valence-electron chi connectivity index (χ3n) is 2.56. The summed E-state index contributed by atoms with van der Waals surface area (Å²) < 4.78 is 13.1. The molecule has 2 rings (SSSR count). The molecule has 88 valence electrons. The molecule has 0 aliphatic carbocycles. The summed E-state index contributed by atoms with van der Waals surface area (Å²) in [5.74, 6) is -0.569. The van der Waals surface area contributed by atoms with Crippen LogP contribution < -0.4 is 0 Å². The molecular weight excluding hydrogens is 223 g/mol. The van der Waals surface area contributed by atoms with Crippen LogP contribution in [0.5, 0.6) is 0 Å². The quantitative estimate of drug-likeness (QED) is 0.781. The number of benzene rings is 1. The van der Waals surface area contributed by atoms with E-state index < -0.39 is 18.2 Å². The van der Waals surface area contributed by atoms with Crippen molar-refractivity contribution < 1.29 is 14.0 Å². The summed E-state index contributed by atoms with van der Waals surface area (Å²) in [5, 5.41) is 9.90. The number of nitrogens with zero attached hydrogens (tertiary/aromatic N) is 2. The number of halogens is 1. The Bertz CT molecular complexity index is 444. The average Bonchev–Trinajstić information content (AvgIpc) is 2.70. The number of carbonyl (C=O) groups is 1. The van der Waals surface area contributed by atoms with E-state index in [9.17, 15) is 9.18 Å². The summed E-state index contributed by atoms with van der Waals surface area (Å²) in [6.45, 7) is -0.0448. The Morgan fingerprint density at radius 1 is 1.47 bits per heavy atom. The Morgan fingerprint density at radius 3 is 2.82 bits per heavy atom. The summed E-state index contributed by atoms with van der Waals surface area (Å²) >= 11 is 0. The first-order valence-electron chi connectivity index (χ1n) is 5.28. The van der Waals surface area contributed by atoms with Gasteiger partial charge in [-0.3, -0.25) is 0 Å². The van der Waals surface area contributed by atoms with Crippen LogP contribution in [0.3, 0.4) is 0 Å². The van der Waals surface area contributed by atoms with E-state index >= 15 is 0 Å². The molecule has 0 aromatic heterocycles. The Morgan fingerprint density at radius 2 is 2.18 bits per heavy atom. The molecule has 0 spiro atoms. The van der Waals surface area contributed by atoms with Gasteiger partial charge in [-0.2, -0.15) is 5.26 Å². The Balaban J connectivity index is 2.02. The van der Waals surface area contributed by atoms with Gasteiger partial charge in [0.2, 0.25) is 0 Å². The molecule has 0 saturated carbocycles. The van der Waals surface area contributed by atoms with Gasteiger partial charge in [0.25, 0.3) is 0 Å². The van der Waals surface area contributed by atoms with E-state index in [4.69, 9.17) is 10.1 Å². The van der Waals surface area contributed by atoms with Crippen LogP contribution in [0.2, 0.25) is 0 Å². The van der Waals surface area contributed by atoms with Crippen LogP contribution in [-0.2, 0) is 4.84 Å². The lowest BCUT2D eigenvalue weighted by molar-refractivity contribution is -0.110. The lowest BCUT2D eigenvalue weighted by atomic mass is 10.2. The number of hydrogen-bond acceptors (Lipinski definition) is 4. The zero-order valence-corrected chi connectivity index (χ0v) is 9.04. The van der Waals surface area contributed by atoms with Crippen molar-refractivity contribution in [3.63, 3.8) is 0 Å². The normalized spacial score (nSPS) is 24.2. The molecule has 0 radical (unpaired) electrons. The highest BCUT2D eigenvalue weighted by molar-refractivity contribution is 5.89. The van der Waals surface area contributed by atoms with Crippen LogP contribution >= 0.6 is 0 Å². The molecule has 4 nitrogen and oxygen atoms in total. The van der Waals surface area contributed by atoms with Gasteiger partial charge < -0.3 is 4.84 Å². The molecule has 1 saturated heterocycles. The minimum Gasteiger partial charge on any atom is -0.362 e. The van der Waals surface area contributed by atoms with Crippen LogP contribution in [0.25, 0.3) is 0 Å². The summed E-state index contributed by atoms with van der Waals surface area (Å²) in [6.07, 6.45) is -1.04. The molecule has 0 unspecified atom stereocenters. The van der Waals surface area contributed by atoms with Crippen LogP contribution in [0, 0.1) is 11.3 Å². The van der Waals surface area contributed by atoms with E-state index in [0.29, 0.717) is 5.56 Å². The number of nitriles is 1. The number of hydrogen-bond donors (Lipinski definition) is 0. The largest absolute Gasteiger partial charge is 0.362 e. The van der Waals surface area contributed by atoms with Crippen molar-refractivity contribution in [2.45, 2.75) is 18.6 Å². The fraction of sp³-hybridized carbons (Fsp3) is 0.333. The average molecular weight is 234 g/mol. The van der Waals surface area contributed by atoms with Crippen molar-refractivity contribution in [1.29, 1.82) is 5.26 Å². The molecule has 1 heterocycles. The van der Waals surface area contributed by atoms with Gasteiger partial charge in [0.1, 0.15) is 12.2 Å². The first-order valence-corrected chi connectivity index (χ1v) is 5.28. The molecule has 2 atom stereocenters. The fourth-order valence-corrected chi connectivity index (χ4v) is 1.71. The Labute approximate surface area is 98.2 Å². The van der Waals surface area contributed by atoms with Crippen LogP contribution in [0.1, 0.15) is 16.8 Å². The second kappa shape index (κ2) is 4.93. The van der Waals surface area contributed by atoms with Crippen molar-refractivity contribution in [2.75, 3.05) is 6.54 Å². The molecule has 1 aliphatic heterocycles. The second-order valence-electron chi connectivity index (χ2n) is 3.82. The smallest absolute Gasteiger partial charge is 0.357 e. The minimum absolute atomic E-state index is 0.0448. The Hall–Kier alpha value is -1.93. The van der Waals surface area contributed by atoms with E-state index in [0.717, 1.165) is 5.06 Å². The summed E-state index contributed by atoms with van der Waals surface area (Å²) in [7, 11) is 0. The van der Waals surface area contributed by atoms with E-state index in [-0.39, 0.29) is 13.0 Å². The molecular formula is C12H11FN2O2. The Kier molecular flexibility index (Phi) is 3.35. The van der Waals surface area contributed by atoms with Gasteiger partial charge in [0, 0.05) is 6.42 Å². The van der Waals surface area contributed by atoms with Crippen molar-refractivity contribution >= 4 is 5.97 Å². The third kappa shape index (κ3) is 2.60. The lowest BCUT2D eigenvalue weighted by Crippen LogP contribution is -2.31. The van der Waals surface area contributed by atoms with Gasteiger partial charge in [0.05, 0.1) is 18.2 Å². The highest BCUT2D eigenvalue weighted by Gasteiger charge is 2.35. The maximum atomic E-state index is 13.1. The maximum absolute atomic E-state index is 13.1.